The molecule has 1 aromatic heterocycles. The molecule has 2 rings (SSSR count). The Morgan fingerprint density at radius 2 is 2.10 bits per heavy atom. The van der Waals surface area contributed by atoms with Crippen LogP contribution in [0.3, 0.4) is 0 Å². The smallest absolute Gasteiger partial charge is 0.274 e. The van der Waals surface area contributed by atoms with Crippen molar-refractivity contribution in [3.05, 3.63) is 50.2 Å². The minimum atomic E-state index is -0.415. The average molecular weight is 352 g/mol. The van der Waals surface area contributed by atoms with Gasteiger partial charge in [0.1, 0.15) is 5.76 Å². The Balaban J connectivity index is 2.27. The van der Waals surface area contributed by atoms with Gasteiger partial charge < -0.3 is 9.32 Å². The van der Waals surface area contributed by atoms with Crippen molar-refractivity contribution in [3.63, 3.8) is 0 Å². The summed E-state index contributed by atoms with van der Waals surface area (Å²) in [6.45, 7) is 1.69. The molecule has 110 valence electrons. The Kier molecular flexibility index (Phi) is 4.42. The van der Waals surface area contributed by atoms with Gasteiger partial charge in [-0.05, 0) is 28.9 Å². The molecule has 0 atom stereocenters. The number of furan rings is 1. The fraction of sp³-hybridized carbons (Fsp3) is 0.214. The number of halogens is 1. The minimum absolute atomic E-state index is 0.0549. The molecule has 0 saturated heterocycles. The molecular formula is C14H14BrN3O3. The molecule has 0 saturated carbocycles. The summed E-state index contributed by atoms with van der Waals surface area (Å²) in [7, 11) is 3.74. The number of anilines is 1. The topological polar surface area (TPSA) is 71.9 Å². The number of aryl methyl sites for hydroxylation is 1. The van der Waals surface area contributed by atoms with Gasteiger partial charge in [0.25, 0.3) is 5.69 Å². The molecule has 0 spiro atoms. The molecule has 0 unspecified atom stereocenters. The van der Waals surface area contributed by atoms with Gasteiger partial charge in [-0.1, -0.05) is 6.07 Å². The van der Waals surface area contributed by atoms with E-state index < -0.39 is 4.92 Å². The molecular weight excluding hydrogens is 338 g/mol. The molecule has 0 N–H and O–H groups in total. The number of nitro benzene ring substituents is 1. The zero-order valence-electron chi connectivity index (χ0n) is 11.8. The molecule has 0 aliphatic rings. The zero-order valence-corrected chi connectivity index (χ0v) is 13.4. The lowest BCUT2D eigenvalue weighted by atomic mass is 10.2. The van der Waals surface area contributed by atoms with E-state index >= 15 is 0 Å². The van der Waals surface area contributed by atoms with Crippen molar-refractivity contribution in [3.8, 4) is 0 Å². The van der Waals surface area contributed by atoms with E-state index in [0.29, 0.717) is 22.9 Å². The van der Waals surface area contributed by atoms with E-state index in [2.05, 4.69) is 20.9 Å². The molecule has 0 bridgehead atoms. The Labute approximate surface area is 130 Å². The van der Waals surface area contributed by atoms with E-state index in [9.17, 15) is 10.1 Å². The first-order chi connectivity index (χ1) is 9.88. The Bertz CT molecular complexity index is 707. The van der Waals surface area contributed by atoms with Crippen LogP contribution in [0.15, 0.2) is 38.1 Å². The summed E-state index contributed by atoms with van der Waals surface area (Å²) in [6.07, 6.45) is 1.53. The molecule has 21 heavy (non-hydrogen) atoms. The molecule has 0 aliphatic heterocycles. The summed E-state index contributed by atoms with van der Waals surface area (Å²) in [5, 5.41) is 10.9. The lowest BCUT2D eigenvalue weighted by Crippen LogP contribution is -2.07. The van der Waals surface area contributed by atoms with Crippen molar-refractivity contribution < 1.29 is 9.34 Å². The second-order valence-electron chi connectivity index (χ2n) is 4.68. The van der Waals surface area contributed by atoms with E-state index in [1.165, 1.54) is 12.3 Å². The van der Waals surface area contributed by atoms with Crippen LogP contribution >= 0.6 is 15.9 Å². The van der Waals surface area contributed by atoms with E-state index in [1.807, 2.05) is 19.0 Å². The highest BCUT2D eigenvalue weighted by molar-refractivity contribution is 9.10. The van der Waals surface area contributed by atoms with Crippen LogP contribution in [0.4, 0.5) is 17.3 Å². The fourth-order valence-electron chi connectivity index (χ4n) is 1.76. The lowest BCUT2D eigenvalue weighted by molar-refractivity contribution is -0.385. The Morgan fingerprint density at radius 3 is 2.67 bits per heavy atom. The van der Waals surface area contributed by atoms with Crippen molar-refractivity contribution in [1.82, 2.24) is 0 Å². The summed E-state index contributed by atoms with van der Waals surface area (Å²) in [5.74, 6) is 1.25. The fourth-order valence-corrected chi connectivity index (χ4v) is 2.42. The Hall–Kier alpha value is -2.15. The number of aliphatic imine (C=N–C) groups is 1. The van der Waals surface area contributed by atoms with Gasteiger partial charge in [-0.25, -0.2) is 0 Å². The monoisotopic (exact) mass is 351 g/mol. The molecule has 0 fully saturated rings. The van der Waals surface area contributed by atoms with E-state index in [-0.39, 0.29) is 5.69 Å². The van der Waals surface area contributed by atoms with Gasteiger partial charge in [0.2, 0.25) is 5.88 Å². The largest absolute Gasteiger partial charge is 0.438 e. The van der Waals surface area contributed by atoms with Crippen molar-refractivity contribution >= 4 is 39.4 Å². The van der Waals surface area contributed by atoms with Crippen molar-refractivity contribution in [1.29, 1.82) is 0 Å². The van der Waals surface area contributed by atoms with Crippen LogP contribution in [0, 0.1) is 17.0 Å². The Morgan fingerprint density at radius 1 is 1.38 bits per heavy atom. The molecule has 0 aliphatic carbocycles. The first kappa shape index (κ1) is 15.2. The van der Waals surface area contributed by atoms with E-state index in [4.69, 9.17) is 4.42 Å². The molecule has 0 amide bonds. The standard InChI is InChI=1S/C14H14BrN3O3/c1-9-4-5-10(6-13(9)18(19)20)16-8-11-7-12(15)14(21-11)17(2)3/h4-8H,1-3H3. The number of hydrogen-bond donors (Lipinski definition) is 0. The van der Waals surface area contributed by atoms with Gasteiger partial charge >= 0.3 is 0 Å². The third kappa shape index (κ3) is 3.49. The minimum Gasteiger partial charge on any atom is -0.438 e. The maximum atomic E-state index is 10.9. The van der Waals surface area contributed by atoms with Gasteiger partial charge in [0.05, 0.1) is 21.3 Å². The van der Waals surface area contributed by atoms with Crippen molar-refractivity contribution in [2.45, 2.75) is 6.92 Å². The summed E-state index contributed by atoms with van der Waals surface area (Å²) >= 11 is 3.40. The number of benzene rings is 1. The quantitative estimate of drug-likeness (QED) is 0.472. The number of nitro groups is 1. The molecule has 1 aromatic carbocycles. The first-order valence-electron chi connectivity index (χ1n) is 6.14. The van der Waals surface area contributed by atoms with Crippen LogP contribution in [-0.2, 0) is 0 Å². The van der Waals surface area contributed by atoms with E-state index in [0.717, 1.165) is 4.47 Å². The first-order valence-corrected chi connectivity index (χ1v) is 6.93. The highest BCUT2D eigenvalue weighted by Crippen LogP contribution is 2.29. The van der Waals surface area contributed by atoms with E-state index in [1.54, 1.807) is 25.1 Å². The van der Waals surface area contributed by atoms with Crippen LogP contribution in [0.2, 0.25) is 0 Å². The molecule has 0 radical (unpaired) electrons. The molecule has 6 nitrogen and oxygen atoms in total. The normalized spacial score (nSPS) is 11.0. The lowest BCUT2D eigenvalue weighted by Gasteiger charge is -2.07. The predicted molar refractivity (Wildman–Crippen MR) is 85.8 cm³/mol. The maximum absolute atomic E-state index is 10.9. The van der Waals surface area contributed by atoms with Gasteiger partial charge in [-0.3, -0.25) is 15.1 Å². The number of hydrogen-bond acceptors (Lipinski definition) is 5. The highest BCUT2D eigenvalue weighted by Gasteiger charge is 2.11. The maximum Gasteiger partial charge on any atom is 0.274 e. The summed E-state index contributed by atoms with van der Waals surface area (Å²) < 4.78 is 6.42. The van der Waals surface area contributed by atoms with Gasteiger partial charge in [0.15, 0.2) is 0 Å². The van der Waals surface area contributed by atoms with Gasteiger partial charge in [-0.15, -0.1) is 0 Å². The summed E-state index contributed by atoms with van der Waals surface area (Å²) in [4.78, 5) is 16.5. The van der Waals surface area contributed by atoms with Crippen LogP contribution in [0.5, 0.6) is 0 Å². The second-order valence-corrected chi connectivity index (χ2v) is 5.54. The zero-order chi connectivity index (χ0) is 15.6. The van der Waals surface area contributed by atoms with Crippen LogP contribution in [0.25, 0.3) is 0 Å². The van der Waals surface area contributed by atoms with Crippen molar-refractivity contribution in [2.75, 3.05) is 19.0 Å². The molecule has 1 heterocycles. The number of rotatable bonds is 4. The van der Waals surface area contributed by atoms with Crippen LogP contribution < -0.4 is 4.90 Å². The third-order valence-corrected chi connectivity index (χ3v) is 3.39. The summed E-state index contributed by atoms with van der Waals surface area (Å²) in [6, 6.07) is 6.63. The average Bonchev–Trinajstić information content (AvgIpc) is 2.79. The van der Waals surface area contributed by atoms with Gasteiger partial charge in [-0.2, -0.15) is 0 Å². The van der Waals surface area contributed by atoms with Crippen LogP contribution in [-0.4, -0.2) is 25.2 Å². The van der Waals surface area contributed by atoms with Crippen molar-refractivity contribution in [2.24, 2.45) is 4.99 Å². The van der Waals surface area contributed by atoms with Crippen LogP contribution in [0.1, 0.15) is 11.3 Å². The molecule has 7 heteroatoms. The number of nitrogens with zero attached hydrogens (tertiary/aromatic N) is 3. The predicted octanol–water partition coefficient (Wildman–Crippen LogP) is 4.08. The van der Waals surface area contributed by atoms with Gasteiger partial charge in [0, 0.05) is 31.8 Å². The SMILES string of the molecule is Cc1ccc(N=Cc2cc(Br)c(N(C)C)o2)cc1[N+](=O)[O-]. The second kappa shape index (κ2) is 6.09. The molecule has 2 aromatic rings. The third-order valence-electron chi connectivity index (χ3n) is 2.82. The summed E-state index contributed by atoms with van der Waals surface area (Å²) in [5.41, 5.74) is 1.17. The highest BCUT2D eigenvalue weighted by atomic mass is 79.9.